The molecule has 0 saturated heterocycles. The summed E-state index contributed by atoms with van der Waals surface area (Å²) in [6.45, 7) is 3.94. The van der Waals surface area contributed by atoms with Crippen molar-refractivity contribution in [3.63, 3.8) is 0 Å². The van der Waals surface area contributed by atoms with Crippen LogP contribution in [-0.2, 0) is 13.0 Å². The summed E-state index contributed by atoms with van der Waals surface area (Å²) in [6, 6.07) is -0.388. The number of urea groups is 1. The van der Waals surface area contributed by atoms with E-state index in [2.05, 4.69) is 15.3 Å². The topological polar surface area (TPSA) is 84.1 Å². The van der Waals surface area contributed by atoms with Crippen molar-refractivity contribution in [3.05, 3.63) is 17.5 Å². The van der Waals surface area contributed by atoms with Crippen LogP contribution in [0.15, 0.2) is 6.20 Å². The summed E-state index contributed by atoms with van der Waals surface area (Å²) in [6.07, 6.45) is 2.49. The lowest BCUT2D eigenvalue weighted by atomic mass is 10.1. The highest BCUT2D eigenvalue weighted by molar-refractivity contribution is 5.72. The van der Waals surface area contributed by atoms with Gasteiger partial charge in [0.2, 0.25) is 5.95 Å². The summed E-state index contributed by atoms with van der Waals surface area (Å²) < 4.78 is 0. The van der Waals surface area contributed by atoms with Gasteiger partial charge in [-0.05, 0) is 6.92 Å². The summed E-state index contributed by atoms with van der Waals surface area (Å²) in [5.41, 5.74) is 7.22. The van der Waals surface area contributed by atoms with Crippen molar-refractivity contribution in [1.82, 2.24) is 14.9 Å². The number of nitrogens with two attached hydrogens (primary N) is 1. The first-order valence-corrected chi connectivity index (χ1v) is 5.33. The molecule has 3 N–H and O–H groups in total. The van der Waals surface area contributed by atoms with Crippen molar-refractivity contribution < 1.29 is 4.79 Å². The van der Waals surface area contributed by atoms with Gasteiger partial charge in [-0.15, -0.1) is 0 Å². The van der Waals surface area contributed by atoms with Gasteiger partial charge in [0.25, 0.3) is 0 Å². The van der Waals surface area contributed by atoms with Crippen LogP contribution in [0.4, 0.5) is 10.7 Å². The van der Waals surface area contributed by atoms with Gasteiger partial charge in [-0.3, -0.25) is 0 Å². The fourth-order valence-corrected chi connectivity index (χ4v) is 1.75. The van der Waals surface area contributed by atoms with Gasteiger partial charge >= 0.3 is 6.03 Å². The van der Waals surface area contributed by atoms with Crippen molar-refractivity contribution >= 4 is 12.0 Å². The highest BCUT2D eigenvalue weighted by atomic mass is 16.2. The lowest BCUT2D eigenvalue weighted by Crippen LogP contribution is -2.39. The number of primary amides is 1. The molecule has 6 nitrogen and oxygen atoms in total. The second kappa shape index (κ2) is 4.34. The molecule has 0 radical (unpaired) electrons. The minimum Gasteiger partial charge on any atom is -0.354 e. The maximum atomic E-state index is 11.0. The van der Waals surface area contributed by atoms with Crippen molar-refractivity contribution in [2.75, 3.05) is 18.4 Å². The van der Waals surface area contributed by atoms with E-state index in [0.717, 1.165) is 24.2 Å². The molecular formula is C10H15N5O. The van der Waals surface area contributed by atoms with Crippen LogP contribution in [-0.4, -0.2) is 34.0 Å². The predicted molar refractivity (Wildman–Crippen MR) is 59.9 cm³/mol. The van der Waals surface area contributed by atoms with Crippen LogP contribution >= 0.6 is 0 Å². The third kappa shape index (κ3) is 2.05. The number of hydrogen-bond donors (Lipinski definition) is 2. The van der Waals surface area contributed by atoms with Crippen LogP contribution in [0, 0.1) is 0 Å². The lowest BCUT2D eigenvalue weighted by Gasteiger charge is -2.26. The maximum Gasteiger partial charge on any atom is 0.315 e. The van der Waals surface area contributed by atoms with Crippen LogP contribution in [0.3, 0.4) is 0 Å². The molecule has 1 aliphatic rings. The Morgan fingerprint density at radius 2 is 2.50 bits per heavy atom. The molecular weight excluding hydrogens is 206 g/mol. The lowest BCUT2D eigenvalue weighted by molar-refractivity contribution is 0.201. The molecule has 0 bridgehead atoms. The smallest absolute Gasteiger partial charge is 0.315 e. The normalized spacial score (nSPS) is 14.4. The first-order chi connectivity index (χ1) is 7.70. The predicted octanol–water partition coefficient (Wildman–Crippen LogP) is 0.345. The SMILES string of the molecule is CCNc1ncc2c(n1)CCN(C(N)=O)C2. The fourth-order valence-electron chi connectivity index (χ4n) is 1.75. The van der Waals surface area contributed by atoms with E-state index < -0.39 is 0 Å². The van der Waals surface area contributed by atoms with E-state index in [9.17, 15) is 4.79 Å². The second-order valence-electron chi connectivity index (χ2n) is 3.71. The number of amides is 2. The van der Waals surface area contributed by atoms with Gasteiger partial charge in [0.05, 0.1) is 12.2 Å². The van der Waals surface area contributed by atoms with Crippen LogP contribution in [0.1, 0.15) is 18.2 Å². The Morgan fingerprint density at radius 1 is 1.69 bits per heavy atom. The molecule has 16 heavy (non-hydrogen) atoms. The molecule has 86 valence electrons. The Hall–Kier alpha value is -1.85. The van der Waals surface area contributed by atoms with Crippen LogP contribution in [0.2, 0.25) is 0 Å². The number of carbonyl (C=O) groups is 1. The average molecular weight is 221 g/mol. The van der Waals surface area contributed by atoms with E-state index in [-0.39, 0.29) is 6.03 Å². The average Bonchev–Trinajstić information content (AvgIpc) is 2.28. The first-order valence-electron chi connectivity index (χ1n) is 5.33. The fraction of sp³-hybridized carbons (Fsp3) is 0.500. The van der Waals surface area contributed by atoms with Gasteiger partial charge in [-0.1, -0.05) is 0 Å². The molecule has 2 amide bonds. The third-order valence-electron chi connectivity index (χ3n) is 2.58. The number of nitrogens with one attached hydrogen (secondary N) is 1. The summed E-state index contributed by atoms with van der Waals surface area (Å²) >= 11 is 0. The van der Waals surface area contributed by atoms with Crippen LogP contribution in [0.25, 0.3) is 0 Å². The van der Waals surface area contributed by atoms with E-state index in [0.29, 0.717) is 19.0 Å². The van der Waals surface area contributed by atoms with Crippen molar-refractivity contribution in [2.45, 2.75) is 19.9 Å². The van der Waals surface area contributed by atoms with Gasteiger partial charge in [0, 0.05) is 31.3 Å². The number of fused-ring (bicyclic) bond motifs is 1. The number of nitrogens with zero attached hydrogens (tertiary/aromatic N) is 3. The quantitative estimate of drug-likeness (QED) is 0.754. The van der Waals surface area contributed by atoms with Crippen molar-refractivity contribution in [2.24, 2.45) is 5.73 Å². The van der Waals surface area contributed by atoms with E-state index in [1.54, 1.807) is 11.1 Å². The highest BCUT2D eigenvalue weighted by Gasteiger charge is 2.20. The molecule has 0 aromatic carbocycles. The van der Waals surface area contributed by atoms with E-state index in [4.69, 9.17) is 5.73 Å². The Kier molecular flexibility index (Phi) is 2.89. The zero-order chi connectivity index (χ0) is 11.5. The summed E-state index contributed by atoms with van der Waals surface area (Å²) in [4.78, 5) is 21.2. The minimum absolute atomic E-state index is 0.388. The molecule has 1 aromatic rings. The second-order valence-corrected chi connectivity index (χ2v) is 3.71. The molecule has 1 aliphatic heterocycles. The third-order valence-corrected chi connectivity index (χ3v) is 2.58. The monoisotopic (exact) mass is 221 g/mol. The maximum absolute atomic E-state index is 11.0. The van der Waals surface area contributed by atoms with Crippen molar-refractivity contribution in [3.8, 4) is 0 Å². The summed E-state index contributed by atoms with van der Waals surface area (Å²) in [5.74, 6) is 0.647. The zero-order valence-electron chi connectivity index (χ0n) is 9.23. The molecule has 0 unspecified atom stereocenters. The largest absolute Gasteiger partial charge is 0.354 e. The van der Waals surface area contributed by atoms with Gasteiger partial charge < -0.3 is 16.0 Å². The standard InChI is InChI=1S/C10H15N5O/c1-2-12-10-13-5-7-6-15(9(11)16)4-3-8(7)14-10/h5H,2-4,6H2,1H3,(H2,11,16)(H,12,13,14). The molecule has 2 rings (SSSR count). The Morgan fingerprint density at radius 3 is 3.19 bits per heavy atom. The van der Waals surface area contributed by atoms with E-state index in [1.807, 2.05) is 6.92 Å². The first kappa shape index (κ1) is 10.7. The highest BCUT2D eigenvalue weighted by Crippen LogP contribution is 2.17. The van der Waals surface area contributed by atoms with Gasteiger partial charge in [0.1, 0.15) is 0 Å². The molecule has 0 saturated carbocycles. The molecule has 1 aromatic heterocycles. The number of rotatable bonds is 2. The van der Waals surface area contributed by atoms with E-state index >= 15 is 0 Å². The van der Waals surface area contributed by atoms with Gasteiger partial charge in [-0.25, -0.2) is 14.8 Å². The molecule has 0 atom stereocenters. The minimum atomic E-state index is -0.388. The van der Waals surface area contributed by atoms with Gasteiger partial charge in [0.15, 0.2) is 0 Å². The van der Waals surface area contributed by atoms with Crippen LogP contribution in [0.5, 0.6) is 0 Å². The molecule has 6 heteroatoms. The zero-order valence-corrected chi connectivity index (χ0v) is 9.23. The molecule has 0 fully saturated rings. The molecule has 0 aliphatic carbocycles. The Balaban J connectivity index is 2.18. The number of hydrogen-bond acceptors (Lipinski definition) is 4. The van der Waals surface area contributed by atoms with E-state index in [1.165, 1.54) is 0 Å². The molecule has 2 heterocycles. The Bertz CT molecular complexity index is 406. The van der Waals surface area contributed by atoms with Gasteiger partial charge in [-0.2, -0.15) is 0 Å². The summed E-state index contributed by atoms with van der Waals surface area (Å²) in [7, 11) is 0. The Labute approximate surface area is 93.9 Å². The summed E-state index contributed by atoms with van der Waals surface area (Å²) in [5, 5.41) is 3.06. The van der Waals surface area contributed by atoms with Crippen LogP contribution < -0.4 is 11.1 Å². The van der Waals surface area contributed by atoms with Crippen molar-refractivity contribution in [1.29, 1.82) is 0 Å². The number of anilines is 1. The number of aromatic nitrogens is 2. The molecule has 0 spiro atoms. The number of carbonyl (C=O) groups excluding carboxylic acids is 1.